The van der Waals surface area contributed by atoms with E-state index in [1.165, 1.54) is 0 Å². The third kappa shape index (κ3) is 4.17. The monoisotopic (exact) mass is 292 g/mol. The van der Waals surface area contributed by atoms with Crippen molar-refractivity contribution in [2.75, 3.05) is 33.4 Å². The molecule has 2 aromatic rings. The lowest BCUT2D eigenvalue weighted by Crippen LogP contribution is -2.37. The highest BCUT2D eigenvalue weighted by molar-refractivity contribution is 5.78. The molecule has 0 saturated carbocycles. The minimum absolute atomic E-state index is 0.0982. The minimum Gasteiger partial charge on any atom is -0.383 e. The molecule has 0 aliphatic heterocycles. The number of para-hydroxylation sites is 2. The van der Waals surface area contributed by atoms with Crippen molar-refractivity contribution >= 4 is 16.9 Å². The molecule has 0 aliphatic rings. The summed E-state index contributed by atoms with van der Waals surface area (Å²) in [5, 5.41) is 5.73. The van der Waals surface area contributed by atoms with Crippen LogP contribution in [0.3, 0.4) is 0 Å². The number of fused-ring (bicyclic) bond motifs is 1. The lowest BCUT2D eigenvalue weighted by atomic mass is 10.3. The van der Waals surface area contributed by atoms with Gasteiger partial charge in [0.15, 0.2) is 0 Å². The maximum absolute atomic E-state index is 11.8. The molecule has 114 valence electrons. The molecule has 1 heterocycles. The number of ether oxygens (including phenoxy) is 1. The fourth-order valence-electron chi connectivity index (χ4n) is 2.07. The largest absolute Gasteiger partial charge is 0.383 e. The van der Waals surface area contributed by atoms with Crippen molar-refractivity contribution in [3.8, 4) is 0 Å². The molecule has 2 rings (SSSR count). The first-order valence-corrected chi connectivity index (χ1v) is 6.86. The summed E-state index contributed by atoms with van der Waals surface area (Å²) in [6, 6.07) is 7.48. The van der Waals surface area contributed by atoms with Crippen LogP contribution in [-0.4, -0.2) is 48.8 Å². The molecular formula is C14H20N4O3. The van der Waals surface area contributed by atoms with Gasteiger partial charge in [-0.05, 0) is 12.1 Å². The minimum atomic E-state index is -0.163. The smallest absolute Gasteiger partial charge is 0.326 e. The van der Waals surface area contributed by atoms with E-state index in [1.54, 1.807) is 11.7 Å². The van der Waals surface area contributed by atoms with Gasteiger partial charge >= 0.3 is 5.69 Å². The van der Waals surface area contributed by atoms with Gasteiger partial charge in [0, 0.05) is 26.7 Å². The van der Waals surface area contributed by atoms with Crippen LogP contribution in [-0.2, 0) is 16.1 Å². The summed E-state index contributed by atoms with van der Waals surface area (Å²) < 4.78 is 6.49. The van der Waals surface area contributed by atoms with Gasteiger partial charge in [0.05, 0.1) is 24.2 Å². The first kappa shape index (κ1) is 15.3. The van der Waals surface area contributed by atoms with E-state index in [1.807, 2.05) is 24.3 Å². The zero-order valence-corrected chi connectivity index (χ0v) is 12.0. The summed E-state index contributed by atoms with van der Waals surface area (Å²) in [7, 11) is 1.61. The summed E-state index contributed by atoms with van der Waals surface area (Å²) in [5.74, 6) is -0.0982. The highest BCUT2D eigenvalue weighted by atomic mass is 16.5. The van der Waals surface area contributed by atoms with E-state index >= 15 is 0 Å². The number of methoxy groups -OCH3 is 1. The van der Waals surface area contributed by atoms with Gasteiger partial charge in [0.2, 0.25) is 5.91 Å². The number of carbonyl (C=O) groups is 1. The van der Waals surface area contributed by atoms with Crippen molar-refractivity contribution in [2.24, 2.45) is 0 Å². The molecule has 0 aliphatic carbocycles. The number of hydrogen-bond acceptors (Lipinski definition) is 4. The first-order valence-electron chi connectivity index (χ1n) is 6.86. The number of H-pyrrole nitrogens is 1. The van der Waals surface area contributed by atoms with Gasteiger partial charge in [0.25, 0.3) is 0 Å². The van der Waals surface area contributed by atoms with E-state index in [-0.39, 0.29) is 18.1 Å². The molecule has 3 N–H and O–H groups in total. The van der Waals surface area contributed by atoms with Gasteiger partial charge in [-0.25, -0.2) is 4.79 Å². The standard InChI is InChI=1S/C14H20N4O3/c1-21-9-7-15-10-13(19)16-6-8-18-12-5-3-2-4-11(12)17-14(18)20/h2-5,15H,6-10H2,1H3,(H,16,19)(H,17,20). The summed E-state index contributed by atoms with van der Waals surface area (Å²) in [4.78, 5) is 26.2. The van der Waals surface area contributed by atoms with Crippen LogP contribution in [0.2, 0.25) is 0 Å². The van der Waals surface area contributed by atoms with E-state index < -0.39 is 0 Å². The molecule has 7 heteroatoms. The zero-order chi connectivity index (χ0) is 15.1. The fourth-order valence-corrected chi connectivity index (χ4v) is 2.07. The fraction of sp³-hybridized carbons (Fsp3) is 0.429. The number of hydrogen-bond donors (Lipinski definition) is 3. The van der Waals surface area contributed by atoms with Crippen LogP contribution in [0, 0.1) is 0 Å². The second kappa shape index (κ2) is 7.61. The van der Waals surface area contributed by atoms with Gasteiger partial charge < -0.3 is 20.4 Å². The first-order chi connectivity index (χ1) is 10.2. The predicted octanol–water partition coefficient (Wildman–Crippen LogP) is -0.318. The maximum atomic E-state index is 11.8. The average molecular weight is 292 g/mol. The highest BCUT2D eigenvalue weighted by Crippen LogP contribution is 2.08. The molecule has 7 nitrogen and oxygen atoms in total. The Labute approximate surface area is 122 Å². The number of aromatic nitrogens is 2. The second-order valence-electron chi connectivity index (χ2n) is 4.62. The van der Waals surface area contributed by atoms with E-state index in [9.17, 15) is 9.59 Å². The Bertz CT molecular complexity index is 647. The van der Waals surface area contributed by atoms with Crippen LogP contribution in [0.15, 0.2) is 29.1 Å². The summed E-state index contributed by atoms with van der Waals surface area (Å²) in [5.41, 5.74) is 1.48. The third-order valence-electron chi connectivity index (χ3n) is 3.11. The normalized spacial score (nSPS) is 10.9. The van der Waals surface area contributed by atoms with Gasteiger partial charge in [-0.1, -0.05) is 12.1 Å². The van der Waals surface area contributed by atoms with Crippen LogP contribution < -0.4 is 16.3 Å². The highest BCUT2D eigenvalue weighted by Gasteiger charge is 2.06. The topological polar surface area (TPSA) is 88.2 Å². The molecule has 0 bridgehead atoms. The number of aromatic amines is 1. The van der Waals surface area contributed by atoms with Crippen molar-refractivity contribution in [3.63, 3.8) is 0 Å². The molecule has 1 aromatic heterocycles. The number of nitrogens with one attached hydrogen (secondary N) is 3. The molecule has 1 amide bonds. The molecule has 0 atom stereocenters. The van der Waals surface area contributed by atoms with Crippen molar-refractivity contribution < 1.29 is 9.53 Å². The number of imidazole rings is 1. The summed E-state index contributed by atoms with van der Waals surface area (Å²) >= 11 is 0. The van der Waals surface area contributed by atoms with Crippen LogP contribution in [0.1, 0.15) is 0 Å². The van der Waals surface area contributed by atoms with Crippen LogP contribution in [0.25, 0.3) is 11.0 Å². The van der Waals surface area contributed by atoms with Gasteiger partial charge in [-0.15, -0.1) is 0 Å². The molecular weight excluding hydrogens is 272 g/mol. The Morgan fingerprint density at radius 3 is 2.95 bits per heavy atom. The van der Waals surface area contributed by atoms with Crippen molar-refractivity contribution in [3.05, 3.63) is 34.7 Å². The number of carbonyl (C=O) groups excluding carboxylic acids is 1. The van der Waals surface area contributed by atoms with Crippen LogP contribution in [0.5, 0.6) is 0 Å². The maximum Gasteiger partial charge on any atom is 0.326 e. The Morgan fingerprint density at radius 2 is 2.14 bits per heavy atom. The van der Waals surface area contributed by atoms with E-state index in [0.717, 1.165) is 11.0 Å². The lowest BCUT2D eigenvalue weighted by molar-refractivity contribution is -0.120. The summed E-state index contributed by atoms with van der Waals surface area (Å²) in [6.45, 7) is 2.29. The number of benzene rings is 1. The number of rotatable bonds is 8. The molecule has 1 aromatic carbocycles. The second-order valence-corrected chi connectivity index (χ2v) is 4.62. The molecule has 0 radical (unpaired) electrons. The SMILES string of the molecule is COCCNCC(=O)NCCn1c(=O)[nH]c2ccccc21. The Morgan fingerprint density at radius 1 is 1.33 bits per heavy atom. The third-order valence-corrected chi connectivity index (χ3v) is 3.11. The number of nitrogens with zero attached hydrogens (tertiary/aromatic N) is 1. The zero-order valence-electron chi connectivity index (χ0n) is 12.0. The Kier molecular flexibility index (Phi) is 5.53. The number of amides is 1. The molecule has 0 spiro atoms. The molecule has 0 saturated heterocycles. The van der Waals surface area contributed by atoms with Gasteiger partial charge in [-0.2, -0.15) is 0 Å². The van der Waals surface area contributed by atoms with Crippen molar-refractivity contribution in [1.82, 2.24) is 20.2 Å². The van der Waals surface area contributed by atoms with Gasteiger partial charge in [-0.3, -0.25) is 9.36 Å². The Hall–Kier alpha value is -2.12. The van der Waals surface area contributed by atoms with E-state index in [2.05, 4.69) is 15.6 Å². The molecule has 21 heavy (non-hydrogen) atoms. The quantitative estimate of drug-likeness (QED) is 0.582. The Balaban J connectivity index is 1.81. The van der Waals surface area contributed by atoms with E-state index in [4.69, 9.17) is 4.74 Å². The summed E-state index contributed by atoms with van der Waals surface area (Å²) in [6.07, 6.45) is 0. The van der Waals surface area contributed by atoms with Crippen molar-refractivity contribution in [2.45, 2.75) is 6.54 Å². The van der Waals surface area contributed by atoms with Gasteiger partial charge in [0.1, 0.15) is 0 Å². The molecule has 0 fully saturated rings. The van der Waals surface area contributed by atoms with Crippen molar-refractivity contribution in [1.29, 1.82) is 0 Å². The van der Waals surface area contributed by atoms with Crippen LogP contribution >= 0.6 is 0 Å². The molecule has 0 unspecified atom stereocenters. The van der Waals surface area contributed by atoms with Crippen LogP contribution in [0.4, 0.5) is 0 Å². The predicted molar refractivity (Wildman–Crippen MR) is 80.3 cm³/mol. The van der Waals surface area contributed by atoms with E-state index in [0.29, 0.717) is 26.2 Å². The lowest BCUT2D eigenvalue weighted by Gasteiger charge is -2.07. The average Bonchev–Trinajstić information content (AvgIpc) is 2.80.